The van der Waals surface area contributed by atoms with E-state index in [0.717, 1.165) is 7.28 Å². The zero-order valence-corrected chi connectivity index (χ0v) is 14.1. The summed E-state index contributed by atoms with van der Waals surface area (Å²) in [4.78, 5) is 2.26. The monoisotopic (exact) mass is 290 g/mol. The summed E-state index contributed by atoms with van der Waals surface area (Å²) < 4.78 is 0. The molecule has 1 heterocycles. The summed E-state index contributed by atoms with van der Waals surface area (Å²) in [5.41, 5.74) is 10.9. The van der Waals surface area contributed by atoms with Crippen molar-refractivity contribution in [1.29, 1.82) is 0 Å². The number of benzene rings is 2. The third-order valence-electron chi connectivity index (χ3n) is 4.91. The molecule has 0 unspecified atom stereocenters. The Hall–Kier alpha value is -2.16. The second-order valence-electron chi connectivity index (χ2n) is 6.07. The van der Waals surface area contributed by atoms with Crippen LogP contribution in [-0.4, -0.2) is 21.4 Å². The van der Waals surface area contributed by atoms with Gasteiger partial charge in [-0.2, -0.15) is 0 Å². The highest BCUT2D eigenvalue weighted by atomic mass is 15.1. The molecule has 112 valence electrons. The summed E-state index contributed by atoms with van der Waals surface area (Å²) in [5.74, 6) is 2.25. The zero-order chi connectivity index (χ0) is 15.9. The Morgan fingerprint density at radius 1 is 1.00 bits per heavy atom. The minimum atomic E-state index is 0.995. The Kier molecular flexibility index (Phi) is 3.73. The number of nitrogens with one attached hydrogen (secondary N) is 1. The lowest BCUT2D eigenvalue weighted by Crippen LogP contribution is -2.31. The van der Waals surface area contributed by atoms with E-state index in [2.05, 4.69) is 74.5 Å². The van der Waals surface area contributed by atoms with Crippen LogP contribution in [0.2, 0.25) is 0 Å². The molecule has 1 N–H and O–H groups in total. The van der Waals surface area contributed by atoms with Gasteiger partial charge in [-0.1, -0.05) is 24.2 Å². The molecule has 0 saturated heterocycles. The molecule has 3 heteroatoms. The zero-order valence-electron chi connectivity index (χ0n) is 14.1. The maximum Gasteiger partial charge on any atom is 0.188 e. The van der Waals surface area contributed by atoms with Gasteiger partial charge in [0.05, 0.1) is 0 Å². The van der Waals surface area contributed by atoms with Crippen molar-refractivity contribution in [2.75, 3.05) is 24.3 Å². The van der Waals surface area contributed by atoms with Crippen LogP contribution in [0.3, 0.4) is 0 Å². The summed E-state index contributed by atoms with van der Waals surface area (Å²) >= 11 is 0. The highest BCUT2D eigenvalue weighted by Crippen LogP contribution is 2.36. The molecule has 1 aliphatic rings. The number of anilines is 2. The van der Waals surface area contributed by atoms with Gasteiger partial charge in [0.2, 0.25) is 0 Å². The van der Waals surface area contributed by atoms with Gasteiger partial charge in [-0.15, -0.1) is 0 Å². The third kappa shape index (κ3) is 2.12. The fraction of sp³-hybridized carbons (Fsp3) is 0.263. The number of hydrogen-bond donors (Lipinski definition) is 1. The molecule has 22 heavy (non-hydrogen) atoms. The molecule has 0 bridgehead atoms. The van der Waals surface area contributed by atoms with Gasteiger partial charge in [-0.05, 0) is 60.8 Å². The van der Waals surface area contributed by atoms with Crippen LogP contribution in [0.25, 0.3) is 11.1 Å². The number of para-hydroxylation sites is 1. The smallest absolute Gasteiger partial charge is 0.188 e. The first kappa shape index (κ1) is 14.8. The van der Waals surface area contributed by atoms with Gasteiger partial charge < -0.3 is 10.2 Å². The second-order valence-corrected chi connectivity index (χ2v) is 6.07. The van der Waals surface area contributed by atoms with E-state index in [1.54, 1.807) is 0 Å². The summed E-state index contributed by atoms with van der Waals surface area (Å²) in [6, 6.07) is 8.59. The van der Waals surface area contributed by atoms with Crippen molar-refractivity contribution in [2.45, 2.75) is 20.8 Å². The molecule has 2 aromatic rings. The van der Waals surface area contributed by atoms with Crippen LogP contribution in [0.1, 0.15) is 16.7 Å². The minimum absolute atomic E-state index is 0.995. The molecular weight excluding hydrogens is 267 g/mol. The summed E-state index contributed by atoms with van der Waals surface area (Å²) in [6.45, 7) is 6.73. The fourth-order valence-electron chi connectivity index (χ4n) is 3.58. The molecular formula is C19H23BN2. The van der Waals surface area contributed by atoms with Gasteiger partial charge in [0, 0.05) is 31.0 Å². The van der Waals surface area contributed by atoms with Gasteiger partial charge >= 0.3 is 0 Å². The van der Waals surface area contributed by atoms with Crippen LogP contribution >= 0.6 is 0 Å². The molecule has 2 aromatic carbocycles. The lowest BCUT2D eigenvalue weighted by atomic mass is 9.63. The highest BCUT2D eigenvalue weighted by Gasteiger charge is 2.23. The molecule has 2 nitrogen and oxygen atoms in total. The first-order valence-electron chi connectivity index (χ1n) is 7.85. The first-order chi connectivity index (χ1) is 10.6. The Balaban J connectivity index is 2.38. The van der Waals surface area contributed by atoms with Gasteiger partial charge in [-0.25, -0.2) is 0 Å². The normalized spacial score (nSPS) is 12.9. The summed E-state index contributed by atoms with van der Waals surface area (Å²) in [7, 11) is 5.13. The molecule has 3 rings (SSSR count). The largest absolute Gasteiger partial charge is 0.388 e. The predicted octanol–water partition coefficient (Wildman–Crippen LogP) is 3.30. The minimum Gasteiger partial charge on any atom is -0.388 e. The summed E-state index contributed by atoms with van der Waals surface area (Å²) in [6.07, 6.45) is 2.18. The molecule has 0 aliphatic carbocycles. The van der Waals surface area contributed by atoms with E-state index in [1.807, 2.05) is 7.05 Å². The van der Waals surface area contributed by atoms with Crippen molar-refractivity contribution in [3.63, 3.8) is 0 Å². The van der Waals surface area contributed by atoms with Gasteiger partial charge in [-0.3, -0.25) is 0 Å². The van der Waals surface area contributed by atoms with Crippen LogP contribution in [0.5, 0.6) is 0 Å². The van der Waals surface area contributed by atoms with Crippen molar-refractivity contribution in [2.24, 2.45) is 0 Å². The van der Waals surface area contributed by atoms with Crippen molar-refractivity contribution in [3.8, 4) is 11.1 Å². The molecule has 1 aliphatic heterocycles. The number of fused-ring (bicyclic) bond motifs is 1. The molecule has 0 atom stereocenters. The van der Waals surface area contributed by atoms with Crippen molar-refractivity contribution in [1.82, 2.24) is 0 Å². The topological polar surface area (TPSA) is 15.3 Å². The van der Waals surface area contributed by atoms with Crippen LogP contribution < -0.4 is 15.7 Å². The molecule has 0 radical (unpaired) electrons. The number of rotatable bonds is 2. The van der Waals surface area contributed by atoms with Crippen molar-refractivity contribution in [3.05, 3.63) is 53.1 Å². The Bertz CT molecular complexity index is 763. The standard InChI is InChI=1S/C19H23BN2/c1-12-13(2)17(15-8-6-7-9-16(15)21-4)18-19(14(12)3)22(5)11-10-20-18/h6-11,20-21H,1-5H3. The number of nitrogens with zero attached hydrogens (tertiary/aromatic N) is 1. The van der Waals surface area contributed by atoms with Crippen LogP contribution in [0, 0.1) is 20.8 Å². The van der Waals surface area contributed by atoms with E-state index in [-0.39, 0.29) is 0 Å². The van der Waals surface area contributed by atoms with E-state index in [4.69, 9.17) is 0 Å². The molecule has 0 aromatic heterocycles. The molecule has 0 saturated carbocycles. The fourth-order valence-corrected chi connectivity index (χ4v) is 3.58. The average molecular weight is 290 g/mol. The predicted molar refractivity (Wildman–Crippen MR) is 100.0 cm³/mol. The quantitative estimate of drug-likeness (QED) is 0.854. The maximum atomic E-state index is 3.34. The average Bonchev–Trinajstić information content (AvgIpc) is 2.53. The van der Waals surface area contributed by atoms with Crippen molar-refractivity contribution < 1.29 is 0 Å². The third-order valence-corrected chi connectivity index (χ3v) is 4.91. The van der Waals surface area contributed by atoms with E-state index in [9.17, 15) is 0 Å². The summed E-state index contributed by atoms with van der Waals surface area (Å²) in [5, 5.41) is 3.34. The van der Waals surface area contributed by atoms with E-state index in [0.29, 0.717) is 0 Å². The lowest BCUT2D eigenvalue weighted by Gasteiger charge is -2.30. The molecule has 0 spiro atoms. The molecule has 0 amide bonds. The van der Waals surface area contributed by atoms with E-state index >= 15 is 0 Å². The van der Waals surface area contributed by atoms with Gasteiger partial charge in [0.25, 0.3) is 0 Å². The van der Waals surface area contributed by atoms with Crippen LogP contribution in [0.15, 0.2) is 36.4 Å². The Morgan fingerprint density at radius 2 is 1.73 bits per heavy atom. The van der Waals surface area contributed by atoms with E-state index in [1.165, 1.54) is 44.7 Å². The van der Waals surface area contributed by atoms with Crippen LogP contribution in [-0.2, 0) is 0 Å². The van der Waals surface area contributed by atoms with Gasteiger partial charge in [0.15, 0.2) is 7.28 Å². The maximum absolute atomic E-state index is 3.34. The Labute approximate surface area is 134 Å². The Morgan fingerprint density at radius 3 is 2.45 bits per heavy atom. The molecule has 0 fully saturated rings. The first-order valence-corrected chi connectivity index (χ1v) is 7.85. The van der Waals surface area contributed by atoms with Gasteiger partial charge in [0.1, 0.15) is 0 Å². The lowest BCUT2D eigenvalue weighted by molar-refractivity contribution is 1.16. The van der Waals surface area contributed by atoms with Crippen molar-refractivity contribution >= 4 is 24.1 Å². The van der Waals surface area contributed by atoms with E-state index < -0.39 is 0 Å². The second kappa shape index (κ2) is 5.56. The van der Waals surface area contributed by atoms with Crippen LogP contribution in [0.4, 0.5) is 11.4 Å². The SMILES string of the molecule is CNc1ccccc1-c1c(C)c(C)c(C)c2c1BC=CN2C. The highest BCUT2D eigenvalue weighted by molar-refractivity contribution is 6.63. The number of hydrogen-bond acceptors (Lipinski definition) is 2.